The molecule has 1 heterocycles. The molecule has 3 heteroatoms. The molecule has 0 aliphatic carbocycles. The number of anilines is 3. The first kappa shape index (κ1) is 27.9. The molecule has 216 valence electrons. The molecule has 7 rings (SSSR count). The molecular weight excluding hydrogens is 546 g/mol. The summed E-state index contributed by atoms with van der Waals surface area (Å²) >= 11 is 0. The molecule has 0 unspecified atom stereocenters. The highest BCUT2D eigenvalue weighted by Gasteiger charge is 2.17. The van der Waals surface area contributed by atoms with E-state index in [4.69, 9.17) is 4.99 Å². The number of benzene rings is 6. The Morgan fingerprint density at radius 1 is 0.556 bits per heavy atom. The van der Waals surface area contributed by atoms with Crippen molar-refractivity contribution in [2.45, 2.75) is 6.92 Å². The van der Waals surface area contributed by atoms with E-state index < -0.39 is 0 Å². The number of para-hydroxylation sites is 3. The Hall–Kier alpha value is -5.93. The summed E-state index contributed by atoms with van der Waals surface area (Å²) in [6.07, 6.45) is 8.21. The molecule has 0 atom stereocenters. The SMILES string of the molecule is C/C=C\C=C(/C=Nc1ccccc1)n1c2ccccc2c2ccc(N(c3ccccc3)c3ccc(-c4ccccc4)cc3)cc21. The van der Waals surface area contributed by atoms with Gasteiger partial charge in [-0.3, -0.25) is 4.99 Å². The summed E-state index contributed by atoms with van der Waals surface area (Å²) < 4.78 is 2.32. The number of rotatable bonds is 8. The van der Waals surface area contributed by atoms with Gasteiger partial charge in [0, 0.05) is 27.8 Å². The Kier molecular flexibility index (Phi) is 7.89. The normalized spacial score (nSPS) is 12.1. The van der Waals surface area contributed by atoms with Crippen LogP contribution in [0.1, 0.15) is 6.92 Å². The largest absolute Gasteiger partial charge is 0.310 e. The second-order valence-corrected chi connectivity index (χ2v) is 10.8. The highest BCUT2D eigenvalue weighted by molar-refractivity contribution is 6.16. The Morgan fingerprint density at radius 2 is 1.13 bits per heavy atom. The average molecular weight is 580 g/mol. The van der Waals surface area contributed by atoms with Crippen LogP contribution in [0.15, 0.2) is 181 Å². The van der Waals surface area contributed by atoms with E-state index in [1.165, 1.54) is 21.9 Å². The van der Waals surface area contributed by atoms with Gasteiger partial charge in [0.2, 0.25) is 0 Å². The fraction of sp³-hybridized carbons (Fsp3) is 0.0238. The molecule has 0 radical (unpaired) electrons. The first-order valence-corrected chi connectivity index (χ1v) is 15.3. The lowest BCUT2D eigenvalue weighted by Crippen LogP contribution is -2.10. The van der Waals surface area contributed by atoms with Gasteiger partial charge in [-0.2, -0.15) is 0 Å². The van der Waals surface area contributed by atoms with Gasteiger partial charge in [-0.05, 0) is 78.7 Å². The minimum absolute atomic E-state index is 0.916. The summed E-state index contributed by atoms with van der Waals surface area (Å²) in [5.41, 5.74) is 9.83. The summed E-state index contributed by atoms with van der Waals surface area (Å²) in [6, 6.07) is 55.4. The number of nitrogens with zero attached hydrogens (tertiary/aromatic N) is 3. The zero-order valence-corrected chi connectivity index (χ0v) is 25.2. The van der Waals surface area contributed by atoms with Crippen molar-refractivity contribution < 1.29 is 0 Å². The van der Waals surface area contributed by atoms with Gasteiger partial charge in [0.15, 0.2) is 0 Å². The minimum atomic E-state index is 0.916. The van der Waals surface area contributed by atoms with Crippen molar-refractivity contribution in [2.75, 3.05) is 4.90 Å². The third kappa shape index (κ3) is 5.72. The van der Waals surface area contributed by atoms with Crippen LogP contribution in [-0.4, -0.2) is 10.8 Å². The van der Waals surface area contributed by atoms with Crippen molar-refractivity contribution in [3.05, 3.63) is 176 Å². The van der Waals surface area contributed by atoms with Crippen molar-refractivity contribution in [1.29, 1.82) is 0 Å². The maximum absolute atomic E-state index is 4.86. The monoisotopic (exact) mass is 579 g/mol. The Morgan fingerprint density at radius 3 is 1.87 bits per heavy atom. The van der Waals surface area contributed by atoms with Crippen LogP contribution in [-0.2, 0) is 0 Å². The summed E-state index contributed by atoms with van der Waals surface area (Å²) in [4.78, 5) is 7.18. The van der Waals surface area contributed by atoms with Gasteiger partial charge in [-0.15, -0.1) is 0 Å². The fourth-order valence-electron chi connectivity index (χ4n) is 5.86. The number of hydrogen-bond acceptors (Lipinski definition) is 2. The summed E-state index contributed by atoms with van der Waals surface area (Å²) in [5.74, 6) is 0. The van der Waals surface area contributed by atoms with Crippen molar-refractivity contribution in [3.8, 4) is 11.1 Å². The predicted molar refractivity (Wildman–Crippen MR) is 193 cm³/mol. The predicted octanol–water partition coefficient (Wildman–Crippen LogP) is 11.8. The van der Waals surface area contributed by atoms with Crippen molar-refractivity contribution in [2.24, 2.45) is 4.99 Å². The number of hydrogen-bond donors (Lipinski definition) is 0. The summed E-state index contributed by atoms with van der Waals surface area (Å²) in [5, 5.41) is 2.40. The molecule has 0 N–H and O–H groups in total. The Balaban J connectivity index is 1.41. The molecular formula is C42H33N3. The Bertz CT molecular complexity index is 2140. The van der Waals surface area contributed by atoms with Crippen molar-refractivity contribution >= 4 is 56.5 Å². The molecule has 7 aromatic rings. The van der Waals surface area contributed by atoms with E-state index in [1.54, 1.807) is 0 Å². The number of aliphatic imine (C=N–C) groups is 1. The molecule has 0 fully saturated rings. The molecule has 0 aliphatic rings. The first-order valence-electron chi connectivity index (χ1n) is 15.3. The van der Waals surface area contributed by atoms with Crippen LogP contribution in [0.3, 0.4) is 0 Å². The molecule has 6 aromatic carbocycles. The topological polar surface area (TPSA) is 20.5 Å². The van der Waals surface area contributed by atoms with Crippen LogP contribution in [0.2, 0.25) is 0 Å². The molecule has 1 aromatic heterocycles. The third-order valence-electron chi connectivity index (χ3n) is 7.98. The third-order valence-corrected chi connectivity index (χ3v) is 7.98. The Labute approximate surface area is 264 Å². The van der Waals surface area contributed by atoms with Gasteiger partial charge in [0.1, 0.15) is 0 Å². The smallest absolute Gasteiger partial charge is 0.0645 e. The molecule has 0 bridgehead atoms. The van der Waals surface area contributed by atoms with Crippen LogP contribution in [0, 0.1) is 0 Å². The number of allylic oxidation sites excluding steroid dienone is 4. The van der Waals surface area contributed by atoms with Crippen LogP contribution in [0.4, 0.5) is 22.7 Å². The van der Waals surface area contributed by atoms with E-state index in [9.17, 15) is 0 Å². The maximum atomic E-state index is 4.86. The highest BCUT2D eigenvalue weighted by Crippen LogP contribution is 2.39. The van der Waals surface area contributed by atoms with Crippen LogP contribution in [0.25, 0.3) is 38.6 Å². The average Bonchev–Trinajstić information content (AvgIpc) is 3.44. The first-order chi connectivity index (χ1) is 22.3. The van der Waals surface area contributed by atoms with E-state index in [0.29, 0.717) is 0 Å². The highest BCUT2D eigenvalue weighted by atomic mass is 15.1. The number of fused-ring (bicyclic) bond motifs is 3. The molecule has 0 aliphatic heterocycles. The van der Waals surface area contributed by atoms with E-state index in [2.05, 4.69) is 149 Å². The van der Waals surface area contributed by atoms with Gasteiger partial charge in [0.05, 0.1) is 28.6 Å². The molecule has 0 spiro atoms. The van der Waals surface area contributed by atoms with Crippen LogP contribution < -0.4 is 4.90 Å². The lowest BCUT2D eigenvalue weighted by Gasteiger charge is -2.26. The van der Waals surface area contributed by atoms with E-state index >= 15 is 0 Å². The van der Waals surface area contributed by atoms with Crippen LogP contribution >= 0.6 is 0 Å². The van der Waals surface area contributed by atoms with Gasteiger partial charge < -0.3 is 9.47 Å². The van der Waals surface area contributed by atoms with E-state index in [-0.39, 0.29) is 0 Å². The molecule has 45 heavy (non-hydrogen) atoms. The van der Waals surface area contributed by atoms with E-state index in [1.807, 2.05) is 49.5 Å². The van der Waals surface area contributed by atoms with Gasteiger partial charge in [-0.1, -0.05) is 115 Å². The van der Waals surface area contributed by atoms with Crippen molar-refractivity contribution in [3.63, 3.8) is 0 Å². The van der Waals surface area contributed by atoms with E-state index in [0.717, 1.165) is 39.5 Å². The summed E-state index contributed by atoms with van der Waals surface area (Å²) in [7, 11) is 0. The minimum Gasteiger partial charge on any atom is -0.310 e. The zero-order valence-electron chi connectivity index (χ0n) is 25.2. The standard InChI is InChI=1S/C42H33N3/c1-2-3-19-38(31-43-34-17-9-5-10-18-34)45-41-23-14-13-22-39(41)40-29-28-37(30-42(40)45)44(35-20-11-6-12-21-35)36-26-24-33(25-27-36)32-15-7-4-8-16-32/h2-31H,1H3/b3-2-,38-19+,43-31?. The summed E-state index contributed by atoms with van der Waals surface area (Å²) in [6.45, 7) is 2.03. The lowest BCUT2D eigenvalue weighted by molar-refractivity contribution is 1.24. The van der Waals surface area contributed by atoms with Crippen molar-refractivity contribution in [1.82, 2.24) is 4.57 Å². The quantitative estimate of drug-likeness (QED) is 0.130. The van der Waals surface area contributed by atoms with Gasteiger partial charge in [0.25, 0.3) is 0 Å². The fourth-order valence-corrected chi connectivity index (χ4v) is 5.86. The van der Waals surface area contributed by atoms with Gasteiger partial charge in [-0.25, -0.2) is 0 Å². The van der Waals surface area contributed by atoms with Gasteiger partial charge >= 0.3 is 0 Å². The molecule has 0 saturated heterocycles. The second kappa shape index (κ2) is 12.7. The lowest BCUT2D eigenvalue weighted by atomic mass is 10.0. The zero-order chi connectivity index (χ0) is 30.4. The maximum Gasteiger partial charge on any atom is 0.0645 e. The molecule has 0 saturated carbocycles. The molecule has 3 nitrogen and oxygen atoms in total. The van der Waals surface area contributed by atoms with Crippen LogP contribution in [0.5, 0.6) is 0 Å². The molecule has 0 amide bonds. The number of aromatic nitrogens is 1. The second-order valence-electron chi connectivity index (χ2n) is 10.8.